The monoisotopic (exact) mass is 315 g/mol. The zero-order valence-electron chi connectivity index (χ0n) is 14.1. The van der Waals surface area contributed by atoms with Crippen LogP contribution in [-0.2, 0) is 9.59 Å². The molecule has 3 rings (SSSR count). The molecule has 0 saturated carbocycles. The number of rotatable bonds is 2. The van der Waals surface area contributed by atoms with Gasteiger partial charge in [0.2, 0.25) is 11.8 Å². The van der Waals surface area contributed by atoms with Crippen molar-refractivity contribution in [1.82, 2.24) is 10.2 Å². The van der Waals surface area contributed by atoms with Gasteiger partial charge in [-0.1, -0.05) is 6.07 Å². The normalized spacial score (nSPS) is 25.1. The molecule has 2 atom stereocenters. The highest BCUT2D eigenvalue weighted by molar-refractivity contribution is 6.09. The van der Waals surface area contributed by atoms with Gasteiger partial charge in [0.1, 0.15) is 5.92 Å². The molecule has 0 bridgehead atoms. The molecule has 1 aromatic rings. The van der Waals surface area contributed by atoms with Gasteiger partial charge in [0.15, 0.2) is 0 Å². The number of carbonyl (C=O) groups is 2. The van der Waals surface area contributed by atoms with Crippen LogP contribution in [-0.4, -0.2) is 48.9 Å². The molecule has 2 aliphatic heterocycles. The molecule has 124 valence electrons. The summed E-state index contributed by atoms with van der Waals surface area (Å²) >= 11 is 0. The Balaban J connectivity index is 1.74. The average Bonchev–Trinajstić information content (AvgIpc) is 2.87. The largest absolute Gasteiger partial charge is 0.339 e. The molecule has 2 fully saturated rings. The second-order valence-corrected chi connectivity index (χ2v) is 6.82. The van der Waals surface area contributed by atoms with Crippen LogP contribution in [0.4, 0.5) is 5.69 Å². The number of aryl methyl sites for hydroxylation is 2. The van der Waals surface area contributed by atoms with Crippen molar-refractivity contribution in [2.45, 2.75) is 33.2 Å². The third-order valence-electron chi connectivity index (χ3n) is 4.70. The molecule has 5 heteroatoms. The van der Waals surface area contributed by atoms with Gasteiger partial charge < -0.3 is 15.1 Å². The lowest BCUT2D eigenvalue weighted by molar-refractivity contribution is -0.140. The van der Waals surface area contributed by atoms with E-state index < -0.39 is 5.92 Å². The van der Waals surface area contributed by atoms with E-state index in [1.807, 2.05) is 30.9 Å². The zero-order chi connectivity index (χ0) is 16.6. The lowest BCUT2D eigenvalue weighted by Gasteiger charge is -2.33. The summed E-state index contributed by atoms with van der Waals surface area (Å²) in [4.78, 5) is 29.1. The van der Waals surface area contributed by atoms with Crippen LogP contribution in [0.15, 0.2) is 18.2 Å². The van der Waals surface area contributed by atoms with Crippen LogP contribution in [0, 0.1) is 19.8 Å². The number of piperazine rings is 1. The van der Waals surface area contributed by atoms with Gasteiger partial charge in [-0.15, -0.1) is 0 Å². The first kappa shape index (κ1) is 16.0. The SMILES string of the molecule is Cc1cc(C)cc(N2CCC(C(=O)N3CCNC(C)C3)C2=O)c1. The minimum atomic E-state index is -0.513. The Morgan fingerprint density at radius 3 is 2.52 bits per heavy atom. The predicted octanol–water partition coefficient (Wildman–Crippen LogP) is 1.48. The van der Waals surface area contributed by atoms with E-state index in [-0.39, 0.29) is 11.8 Å². The third kappa shape index (κ3) is 3.24. The summed E-state index contributed by atoms with van der Waals surface area (Å²) in [5, 5.41) is 3.33. The summed E-state index contributed by atoms with van der Waals surface area (Å²) in [7, 11) is 0. The molecule has 2 aliphatic rings. The first-order valence-electron chi connectivity index (χ1n) is 8.37. The molecule has 2 saturated heterocycles. The molecule has 0 spiro atoms. The van der Waals surface area contributed by atoms with E-state index in [2.05, 4.69) is 18.3 Å². The summed E-state index contributed by atoms with van der Waals surface area (Å²) in [6.07, 6.45) is 0.614. The molecule has 2 heterocycles. The van der Waals surface area contributed by atoms with Gasteiger partial charge in [-0.25, -0.2) is 0 Å². The maximum Gasteiger partial charge on any atom is 0.239 e. The number of anilines is 1. The van der Waals surface area contributed by atoms with Crippen molar-refractivity contribution in [2.24, 2.45) is 5.92 Å². The van der Waals surface area contributed by atoms with Crippen molar-refractivity contribution in [3.05, 3.63) is 29.3 Å². The van der Waals surface area contributed by atoms with Crippen LogP contribution in [0.1, 0.15) is 24.5 Å². The van der Waals surface area contributed by atoms with Gasteiger partial charge in [-0.3, -0.25) is 9.59 Å². The molecule has 23 heavy (non-hydrogen) atoms. The number of nitrogens with one attached hydrogen (secondary N) is 1. The van der Waals surface area contributed by atoms with E-state index in [0.29, 0.717) is 32.1 Å². The quantitative estimate of drug-likeness (QED) is 0.841. The number of hydrogen-bond acceptors (Lipinski definition) is 3. The van der Waals surface area contributed by atoms with Gasteiger partial charge in [0.05, 0.1) is 0 Å². The lowest BCUT2D eigenvalue weighted by Crippen LogP contribution is -2.53. The Hall–Kier alpha value is -1.88. The topological polar surface area (TPSA) is 52.7 Å². The Kier molecular flexibility index (Phi) is 4.39. The first-order chi connectivity index (χ1) is 11.0. The van der Waals surface area contributed by atoms with Crippen molar-refractivity contribution in [3.63, 3.8) is 0 Å². The van der Waals surface area contributed by atoms with Crippen molar-refractivity contribution >= 4 is 17.5 Å². The Labute approximate surface area is 137 Å². The van der Waals surface area contributed by atoms with E-state index in [0.717, 1.165) is 23.4 Å². The molecule has 0 radical (unpaired) electrons. The zero-order valence-corrected chi connectivity index (χ0v) is 14.1. The second kappa shape index (κ2) is 6.32. The summed E-state index contributed by atoms with van der Waals surface area (Å²) < 4.78 is 0. The average molecular weight is 315 g/mol. The van der Waals surface area contributed by atoms with Crippen LogP contribution < -0.4 is 10.2 Å². The van der Waals surface area contributed by atoms with Gasteiger partial charge in [-0.05, 0) is 50.5 Å². The van der Waals surface area contributed by atoms with Gasteiger partial charge in [0, 0.05) is 37.9 Å². The highest BCUT2D eigenvalue weighted by Crippen LogP contribution is 2.28. The van der Waals surface area contributed by atoms with E-state index in [1.54, 1.807) is 4.90 Å². The summed E-state index contributed by atoms with van der Waals surface area (Å²) in [6, 6.07) is 6.42. The highest BCUT2D eigenvalue weighted by Gasteiger charge is 2.40. The molecule has 2 unspecified atom stereocenters. The minimum Gasteiger partial charge on any atom is -0.339 e. The van der Waals surface area contributed by atoms with Crippen LogP contribution in [0.2, 0.25) is 0 Å². The molecule has 0 aliphatic carbocycles. The fourth-order valence-corrected chi connectivity index (χ4v) is 3.62. The molecule has 5 nitrogen and oxygen atoms in total. The molecule has 2 amide bonds. The third-order valence-corrected chi connectivity index (χ3v) is 4.70. The van der Waals surface area contributed by atoms with E-state index in [9.17, 15) is 9.59 Å². The van der Waals surface area contributed by atoms with Crippen LogP contribution >= 0.6 is 0 Å². The van der Waals surface area contributed by atoms with E-state index in [4.69, 9.17) is 0 Å². The smallest absolute Gasteiger partial charge is 0.239 e. The van der Waals surface area contributed by atoms with E-state index in [1.165, 1.54) is 0 Å². The Morgan fingerprint density at radius 1 is 1.17 bits per heavy atom. The van der Waals surface area contributed by atoms with Crippen LogP contribution in [0.5, 0.6) is 0 Å². The van der Waals surface area contributed by atoms with Gasteiger partial charge in [0.25, 0.3) is 0 Å². The predicted molar refractivity (Wildman–Crippen MR) is 90.4 cm³/mol. The Bertz CT molecular complexity index is 608. The van der Waals surface area contributed by atoms with Crippen molar-refractivity contribution < 1.29 is 9.59 Å². The van der Waals surface area contributed by atoms with Crippen molar-refractivity contribution in [1.29, 1.82) is 0 Å². The van der Waals surface area contributed by atoms with Crippen LogP contribution in [0.25, 0.3) is 0 Å². The number of hydrogen-bond donors (Lipinski definition) is 1. The number of nitrogens with zero attached hydrogens (tertiary/aromatic N) is 2. The van der Waals surface area contributed by atoms with Gasteiger partial charge in [-0.2, -0.15) is 0 Å². The highest BCUT2D eigenvalue weighted by atomic mass is 16.2. The number of carbonyl (C=O) groups excluding carboxylic acids is 2. The van der Waals surface area contributed by atoms with Gasteiger partial charge >= 0.3 is 0 Å². The molecular formula is C18H25N3O2. The summed E-state index contributed by atoms with van der Waals surface area (Å²) in [5.74, 6) is -0.567. The van der Waals surface area contributed by atoms with E-state index >= 15 is 0 Å². The molecule has 1 aromatic carbocycles. The fourth-order valence-electron chi connectivity index (χ4n) is 3.62. The van der Waals surface area contributed by atoms with Crippen molar-refractivity contribution in [2.75, 3.05) is 31.1 Å². The molecule has 1 N–H and O–H groups in total. The fraction of sp³-hybridized carbons (Fsp3) is 0.556. The molecule has 0 aromatic heterocycles. The first-order valence-corrected chi connectivity index (χ1v) is 8.37. The van der Waals surface area contributed by atoms with Crippen molar-refractivity contribution in [3.8, 4) is 0 Å². The minimum absolute atomic E-state index is 0.00442. The maximum absolute atomic E-state index is 12.8. The number of amides is 2. The standard InChI is InChI=1S/C18H25N3O2/c1-12-8-13(2)10-15(9-12)21-6-4-16(18(21)23)17(22)20-7-5-19-14(3)11-20/h8-10,14,16,19H,4-7,11H2,1-3H3. The maximum atomic E-state index is 12.8. The lowest BCUT2D eigenvalue weighted by atomic mass is 10.1. The summed E-state index contributed by atoms with van der Waals surface area (Å²) in [5.41, 5.74) is 3.19. The van der Waals surface area contributed by atoms with Crippen LogP contribution in [0.3, 0.4) is 0 Å². The Morgan fingerprint density at radius 2 is 1.87 bits per heavy atom. The molecular weight excluding hydrogens is 290 g/mol. The second-order valence-electron chi connectivity index (χ2n) is 6.82. The number of benzene rings is 1. The summed E-state index contributed by atoms with van der Waals surface area (Å²) in [6.45, 7) is 8.93.